The lowest BCUT2D eigenvalue weighted by molar-refractivity contribution is -0.150. The third-order valence-corrected chi connectivity index (χ3v) is 4.35. The smallest absolute Gasteiger partial charge is 0.347 e. The summed E-state index contributed by atoms with van der Waals surface area (Å²) in [5.41, 5.74) is 3.43. The third kappa shape index (κ3) is 4.27. The van der Waals surface area contributed by atoms with Gasteiger partial charge in [-0.15, -0.1) is 0 Å². The molecule has 2 aromatic carbocycles. The first-order chi connectivity index (χ1) is 14.5. The Balaban J connectivity index is 1.95. The van der Waals surface area contributed by atoms with Gasteiger partial charge in [-0.2, -0.15) is 0 Å². The predicted octanol–water partition coefficient (Wildman–Crippen LogP) is 2.49. The molecule has 1 heterocycles. The summed E-state index contributed by atoms with van der Waals surface area (Å²) in [7, 11) is 1.46. The van der Waals surface area contributed by atoms with Crippen molar-refractivity contribution in [1.82, 2.24) is 5.43 Å². The van der Waals surface area contributed by atoms with Gasteiger partial charge < -0.3 is 14.2 Å². The van der Waals surface area contributed by atoms with Crippen LogP contribution in [0.2, 0.25) is 0 Å². The van der Waals surface area contributed by atoms with Crippen LogP contribution in [0.5, 0.6) is 11.5 Å². The molecule has 0 saturated carbocycles. The SMILES string of the molecule is CCOC(=O)[C@H](C)Oc1c(/C=C2/C(=O)NN(c3ccccc3)C2=O)cccc1OC. The van der Waals surface area contributed by atoms with E-state index in [-0.39, 0.29) is 17.9 Å². The van der Waals surface area contributed by atoms with Gasteiger partial charge in [-0.05, 0) is 38.1 Å². The number of anilines is 1. The van der Waals surface area contributed by atoms with Crippen LogP contribution in [0.1, 0.15) is 19.4 Å². The Hall–Kier alpha value is -3.81. The average molecular weight is 410 g/mol. The summed E-state index contributed by atoms with van der Waals surface area (Å²) in [6.07, 6.45) is 0.503. The number of carbonyl (C=O) groups is 3. The molecule has 2 amide bonds. The van der Waals surface area contributed by atoms with Crippen molar-refractivity contribution in [3.8, 4) is 11.5 Å². The number of ether oxygens (including phenoxy) is 3. The first kappa shape index (κ1) is 20.9. The fourth-order valence-electron chi connectivity index (χ4n) is 2.89. The molecule has 0 aromatic heterocycles. The Bertz CT molecular complexity index is 986. The number of benzene rings is 2. The number of methoxy groups -OCH3 is 1. The number of para-hydroxylation sites is 2. The highest BCUT2D eigenvalue weighted by molar-refractivity contribution is 6.31. The molecule has 0 unspecified atom stereocenters. The van der Waals surface area contributed by atoms with Gasteiger partial charge in [-0.25, -0.2) is 9.80 Å². The summed E-state index contributed by atoms with van der Waals surface area (Å²) < 4.78 is 16.1. The number of hydrogen-bond acceptors (Lipinski definition) is 6. The summed E-state index contributed by atoms with van der Waals surface area (Å²) in [6.45, 7) is 3.47. The summed E-state index contributed by atoms with van der Waals surface area (Å²) in [4.78, 5) is 37.3. The zero-order valence-corrected chi connectivity index (χ0v) is 16.9. The largest absolute Gasteiger partial charge is 0.493 e. The van der Waals surface area contributed by atoms with E-state index in [9.17, 15) is 14.4 Å². The lowest BCUT2D eigenvalue weighted by Crippen LogP contribution is -2.35. The molecule has 8 nitrogen and oxygen atoms in total. The maximum atomic E-state index is 12.8. The molecule has 0 spiro atoms. The molecule has 1 aliphatic heterocycles. The van der Waals surface area contributed by atoms with Crippen LogP contribution in [0.3, 0.4) is 0 Å². The van der Waals surface area contributed by atoms with E-state index < -0.39 is 23.9 Å². The van der Waals surface area contributed by atoms with Gasteiger partial charge in [0.1, 0.15) is 5.57 Å². The molecule has 0 aliphatic carbocycles. The van der Waals surface area contributed by atoms with E-state index in [1.807, 2.05) is 6.07 Å². The van der Waals surface area contributed by atoms with E-state index in [4.69, 9.17) is 14.2 Å². The zero-order valence-electron chi connectivity index (χ0n) is 16.9. The number of hydrazine groups is 1. The molecule has 2 aromatic rings. The quantitative estimate of drug-likeness (QED) is 0.428. The summed E-state index contributed by atoms with van der Waals surface area (Å²) in [5, 5.41) is 1.18. The minimum Gasteiger partial charge on any atom is -0.493 e. The highest BCUT2D eigenvalue weighted by Gasteiger charge is 2.34. The second-order valence-corrected chi connectivity index (χ2v) is 6.37. The number of hydrogen-bond donors (Lipinski definition) is 1. The maximum Gasteiger partial charge on any atom is 0.347 e. The van der Waals surface area contributed by atoms with Gasteiger partial charge in [0.2, 0.25) is 0 Å². The molecule has 1 atom stereocenters. The highest BCUT2D eigenvalue weighted by atomic mass is 16.6. The first-order valence-electron chi connectivity index (χ1n) is 9.38. The summed E-state index contributed by atoms with van der Waals surface area (Å²) >= 11 is 0. The number of nitrogens with zero attached hydrogens (tertiary/aromatic N) is 1. The number of esters is 1. The van der Waals surface area contributed by atoms with Crippen molar-refractivity contribution in [1.29, 1.82) is 0 Å². The molecule has 30 heavy (non-hydrogen) atoms. The second kappa shape index (κ2) is 9.13. The van der Waals surface area contributed by atoms with Gasteiger partial charge in [0, 0.05) is 5.56 Å². The van der Waals surface area contributed by atoms with E-state index >= 15 is 0 Å². The van der Waals surface area contributed by atoms with E-state index in [0.29, 0.717) is 17.0 Å². The van der Waals surface area contributed by atoms with Gasteiger partial charge in [-0.3, -0.25) is 15.0 Å². The molecular formula is C22H22N2O6. The van der Waals surface area contributed by atoms with Crippen molar-refractivity contribution in [3.63, 3.8) is 0 Å². The van der Waals surface area contributed by atoms with Gasteiger partial charge in [0.25, 0.3) is 11.8 Å². The molecule has 0 radical (unpaired) electrons. The van der Waals surface area contributed by atoms with Crippen LogP contribution in [-0.2, 0) is 19.1 Å². The Morgan fingerprint density at radius 1 is 1.13 bits per heavy atom. The maximum absolute atomic E-state index is 12.8. The first-order valence-corrected chi connectivity index (χ1v) is 9.38. The topological polar surface area (TPSA) is 94.2 Å². The van der Waals surface area contributed by atoms with Crippen LogP contribution < -0.4 is 19.9 Å². The Morgan fingerprint density at radius 2 is 1.87 bits per heavy atom. The van der Waals surface area contributed by atoms with Crippen molar-refractivity contribution in [2.75, 3.05) is 18.7 Å². The zero-order chi connectivity index (χ0) is 21.7. The van der Waals surface area contributed by atoms with Crippen LogP contribution in [-0.4, -0.2) is 37.6 Å². The Kier molecular flexibility index (Phi) is 6.36. The van der Waals surface area contributed by atoms with E-state index in [2.05, 4.69) is 5.43 Å². The molecule has 1 N–H and O–H groups in total. The number of carbonyl (C=O) groups excluding carboxylic acids is 3. The molecule has 8 heteroatoms. The van der Waals surface area contributed by atoms with Crippen molar-refractivity contribution >= 4 is 29.5 Å². The number of rotatable bonds is 7. The summed E-state index contributed by atoms with van der Waals surface area (Å²) in [6, 6.07) is 13.8. The second-order valence-electron chi connectivity index (χ2n) is 6.37. The number of amides is 2. The van der Waals surface area contributed by atoms with Crippen LogP contribution in [0.25, 0.3) is 6.08 Å². The van der Waals surface area contributed by atoms with Crippen LogP contribution in [0.15, 0.2) is 54.1 Å². The molecule has 0 bridgehead atoms. The average Bonchev–Trinajstić information content (AvgIpc) is 3.03. The van der Waals surface area contributed by atoms with Gasteiger partial charge in [0.05, 0.1) is 19.4 Å². The molecular weight excluding hydrogens is 388 g/mol. The molecule has 156 valence electrons. The third-order valence-electron chi connectivity index (χ3n) is 4.35. The highest BCUT2D eigenvalue weighted by Crippen LogP contribution is 2.34. The monoisotopic (exact) mass is 410 g/mol. The van der Waals surface area contributed by atoms with Crippen molar-refractivity contribution in [3.05, 3.63) is 59.7 Å². The Labute approximate surface area is 174 Å². The van der Waals surface area contributed by atoms with Crippen LogP contribution >= 0.6 is 0 Å². The van der Waals surface area contributed by atoms with Crippen LogP contribution in [0.4, 0.5) is 5.69 Å². The minimum atomic E-state index is -0.910. The molecule has 1 aliphatic rings. The van der Waals surface area contributed by atoms with Gasteiger partial charge >= 0.3 is 5.97 Å². The molecule has 1 fully saturated rings. The fraction of sp³-hybridized carbons (Fsp3) is 0.227. The number of nitrogens with one attached hydrogen (secondary N) is 1. The standard InChI is InChI=1S/C22H22N2O6/c1-4-29-22(27)14(2)30-19-15(9-8-12-18(19)28-3)13-17-20(25)23-24(21(17)26)16-10-6-5-7-11-16/h5-14H,4H2,1-3H3,(H,23,25)/b17-13-/t14-/m0/s1. The lowest BCUT2D eigenvalue weighted by atomic mass is 10.1. The van der Waals surface area contributed by atoms with E-state index in [0.717, 1.165) is 0 Å². The predicted molar refractivity (Wildman–Crippen MR) is 110 cm³/mol. The van der Waals surface area contributed by atoms with E-state index in [1.54, 1.807) is 56.3 Å². The molecule has 3 rings (SSSR count). The normalized spacial score (nSPS) is 15.7. The van der Waals surface area contributed by atoms with Gasteiger partial charge in [-0.1, -0.05) is 30.3 Å². The molecule has 1 saturated heterocycles. The van der Waals surface area contributed by atoms with Crippen molar-refractivity contribution in [2.24, 2.45) is 0 Å². The van der Waals surface area contributed by atoms with E-state index in [1.165, 1.54) is 18.2 Å². The van der Waals surface area contributed by atoms with Gasteiger partial charge in [0.15, 0.2) is 17.6 Å². The lowest BCUT2D eigenvalue weighted by Gasteiger charge is -2.17. The van der Waals surface area contributed by atoms with Crippen LogP contribution in [0, 0.1) is 0 Å². The van der Waals surface area contributed by atoms with Crippen molar-refractivity contribution in [2.45, 2.75) is 20.0 Å². The minimum absolute atomic E-state index is 0.0688. The Morgan fingerprint density at radius 3 is 2.53 bits per heavy atom. The summed E-state index contributed by atoms with van der Waals surface area (Å²) in [5.74, 6) is -1.00. The van der Waals surface area contributed by atoms with Crippen molar-refractivity contribution < 1.29 is 28.6 Å². The fourth-order valence-corrected chi connectivity index (χ4v) is 2.89.